The van der Waals surface area contributed by atoms with Crippen molar-refractivity contribution < 1.29 is 36.6 Å². The van der Waals surface area contributed by atoms with Gasteiger partial charge in [-0.1, -0.05) is 30.3 Å². The summed E-state index contributed by atoms with van der Waals surface area (Å²) < 4.78 is 66.6. The molecule has 8 nitrogen and oxygen atoms in total. The molecule has 0 saturated carbocycles. The SMILES string of the molecule is NC1=NC2(c3cc(-c4cccnc4F)ccc3Oc3cnc(-c4ccnc(F)c4)cc32)c2ccccc21.O=C(O)C(F)(F)F. The van der Waals surface area contributed by atoms with Crippen molar-refractivity contribution in [3.05, 3.63) is 126 Å². The van der Waals surface area contributed by atoms with Gasteiger partial charge >= 0.3 is 12.1 Å². The van der Waals surface area contributed by atoms with Crippen molar-refractivity contribution in [2.45, 2.75) is 11.7 Å². The first-order valence-corrected chi connectivity index (χ1v) is 12.8. The van der Waals surface area contributed by atoms with E-state index in [1.807, 2.05) is 36.4 Å². The number of amidine groups is 1. The minimum absolute atomic E-state index is 0.358. The number of rotatable bonds is 2. The molecule has 5 aromatic rings. The molecular weight excluding hydrogens is 585 g/mol. The fourth-order valence-corrected chi connectivity index (χ4v) is 5.19. The Morgan fingerprint density at radius 1 is 0.795 bits per heavy atom. The van der Waals surface area contributed by atoms with E-state index in [-0.39, 0.29) is 0 Å². The van der Waals surface area contributed by atoms with Gasteiger partial charge in [0.1, 0.15) is 17.1 Å². The molecule has 1 atom stereocenters. The zero-order chi connectivity index (χ0) is 31.2. The van der Waals surface area contributed by atoms with Crippen molar-refractivity contribution in [1.82, 2.24) is 15.0 Å². The van der Waals surface area contributed by atoms with E-state index in [2.05, 4.69) is 15.0 Å². The number of alkyl halides is 3. The fraction of sp³-hybridized carbons (Fsp3) is 0.0645. The van der Waals surface area contributed by atoms with Crippen LogP contribution in [0.2, 0.25) is 0 Å². The molecule has 0 bridgehead atoms. The molecule has 2 aliphatic heterocycles. The van der Waals surface area contributed by atoms with Gasteiger partial charge in [-0.05, 0) is 47.5 Å². The Balaban J connectivity index is 0.000000441. The number of carboxylic acid groups (broad SMARTS) is 1. The van der Waals surface area contributed by atoms with E-state index in [9.17, 15) is 22.0 Å². The van der Waals surface area contributed by atoms with Gasteiger partial charge in [-0.2, -0.15) is 22.0 Å². The van der Waals surface area contributed by atoms with Crippen molar-refractivity contribution in [3.63, 3.8) is 0 Å². The number of hydrogen-bond donors (Lipinski definition) is 2. The zero-order valence-corrected chi connectivity index (χ0v) is 22.2. The van der Waals surface area contributed by atoms with E-state index in [1.165, 1.54) is 18.5 Å². The van der Waals surface area contributed by atoms with Crippen molar-refractivity contribution in [2.24, 2.45) is 10.7 Å². The second kappa shape index (κ2) is 10.5. The summed E-state index contributed by atoms with van der Waals surface area (Å²) in [7, 11) is 0. The number of fused-ring (bicyclic) bond motifs is 6. The average molecular weight is 604 g/mol. The lowest BCUT2D eigenvalue weighted by atomic mass is 9.75. The summed E-state index contributed by atoms with van der Waals surface area (Å²) in [6.45, 7) is 0. The largest absolute Gasteiger partial charge is 0.490 e. The third kappa shape index (κ3) is 4.77. The van der Waals surface area contributed by atoms with Gasteiger partial charge in [-0.3, -0.25) is 4.98 Å². The van der Waals surface area contributed by atoms with Crippen LogP contribution >= 0.6 is 0 Å². The van der Waals surface area contributed by atoms with Crippen LogP contribution in [0.4, 0.5) is 22.0 Å². The minimum Gasteiger partial charge on any atom is -0.475 e. The normalized spacial score (nSPS) is 16.1. The maximum atomic E-state index is 14.7. The van der Waals surface area contributed by atoms with Gasteiger partial charge < -0.3 is 15.6 Å². The summed E-state index contributed by atoms with van der Waals surface area (Å²) in [5, 5.41) is 7.12. The van der Waals surface area contributed by atoms with E-state index < -0.39 is 29.6 Å². The first-order valence-electron chi connectivity index (χ1n) is 12.8. The number of pyridine rings is 3. The van der Waals surface area contributed by atoms with Crippen LogP contribution < -0.4 is 10.5 Å². The monoisotopic (exact) mass is 603 g/mol. The minimum atomic E-state index is -5.08. The first-order chi connectivity index (χ1) is 21.0. The lowest BCUT2D eigenvalue weighted by Crippen LogP contribution is -2.30. The van der Waals surface area contributed by atoms with E-state index >= 15 is 0 Å². The zero-order valence-electron chi connectivity index (χ0n) is 22.2. The third-order valence-corrected chi connectivity index (χ3v) is 7.06. The van der Waals surface area contributed by atoms with Crippen molar-refractivity contribution >= 4 is 11.8 Å². The van der Waals surface area contributed by atoms with Gasteiger partial charge in [0.05, 0.1) is 11.9 Å². The topological polar surface area (TPSA) is 124 Å². The predicted octanol–water partition coefficient (Wildman–Crippen LogP) is 6.23. The summed E-state index contributed by atoms with van der Waals surface area (Å²) >= 11 is 0. The van der Waals surface area contributed by atoms with Crippen molar-refractivity contribution in [3.8, 4) is 33.9 Å². The Morgan fingerprint density at radius 2 is 1.52 bits per heavy atom. The molecule has 3 N–H and O–H groups in total. The Hall–Kier alpha value is -5.72. The highest BCUT2D eigenvalue weighted by Gasteiger charge is 2.49. The lowest BCUT2D eigenvalue weighted by molar-refractivity contribution is -0.192. The standard InChI is InChI=1S/C29H17F2N5O.C2HF3O2/c30-26-13-17(9-11-33-26)23-14-22-25(15-35-23)37-24-8-7-16(18-5-3-10-34-27(18)31)12-21(24)29(22)20-6-2-1-4-19(20)28(32)36-29;3-2(4,5)1(6)7/h1-15H,(H2,32,36);(H,6,7). The number of nitrogens with zero attached hydrogens (tertiary/aromatic N) is 4. The number of aliphatic carboxylic acids is 1. The predicted molar refractivity (Wildman–Crippen MR) is 148 cm³/mol. The van der Waals surface area contributed by atoms with Crippen molar-refractivity contribution in [1.29, 1.82) is 0 Å². The van der Waals surface area contributed by atoms with Crippen LogP contribution in [0.25, 0.3) is 22.4 Å². The number of ether oxygens (including phenoxy) is 1. The molecule has 5 heterocycles. The maximum absolute atomic E-state index is 14.7. The van der Waals surface area contributed by atoms with Crippen LogP contribution in [0.5, 0.6) is 11.5 Å². The molecule has 0 radical (unpaired) electrons. The maximum Gasteiger partial charge on any atom is 0.490 e. The molecule has 3 aromatic heterocycles. The molecule has 0 aliphatic carbocycles. The molecule has 220 valence electrons. The second-order valence-corrected chi connectivity index (χ2v) is 9.64. The van der Waals surface area contributed by atoms with Crippen LogP contribution in [-0.2, 0) is 10.3 Å². The molecule has 0 saturated heterocycles. The highest BCUT2D eigenvalue weighted by molar-refractivity contribution is 6.03. The molecule has 1 spiro atoms. The molecule has 44 heavy (non-hydrogen) atoms. The van der Waals surface area contributed by atoms with Gasteiger partial charge in [0.15, 0.2) is 5.75 Å². The molecule has 2 aliphatic rings. The third-order valence-electron chi connectivity index (χ3n) is 7.06. The number of halogens is 5. The number of carbonyl (C=O) groups is 1. The number of benzene rings is 2. The van der Waals surface area contributed by atoms with Gasteiger partial charge in [-0.15, -0.1) is 0 Å². The van der Waals surface area contributed by atoms with E-state index in [1.54, 1.807) is 36.5 Å². The Labute approximate surface area is 245 Å². The number of nitrogens with two attached hydrogens (primary N) is 1. The lowest BCUT2D eigenvalue weighted by Gasteiger charge is -2.36. The summed E-state index contributed by atoms with van der Waals surface area (Å²) in [6.07, 6.45) is -0.676. The summed E-state index contributed by atoms with van der Waals surface area (Å²) in [6, 6.07) is 21.4. The van der Waals surface area contributed by atoms with Gasteiger partial charge in [0.2, 0.25) is 11.9 Å². The highest BCUT2D eigenvalue weighted by Crippen LogP contribution is 2.56. The second-order valence-electron chi connectivity index (χ2n) is 9.64. The molecule has 13 heteroatoms. The van der Waals surface area contributed by atoms with Crippen molar-refractivity contribution in [2.75, 3.05) is 0 Å². The smallest absolute Gasteiger partial charge is 0.475 e. The van der Waals surface area contributed by atoms with E-state index in [4.69, 9.17) is 25.4 Å². The van der Waals surface area contributed by atoms with Crippen LogP contribution in [-0.4, -0.2) is 38.0 Å². The quantitative estimate of drug-likeness (QED) is 0.181. The van der Waals surface area contributed by atoms with Crippen LogP contribution in [0.3, 0.4) is 0 Å². The summed E-state index contributed by atoms with van der Waals surface area (Å²) in [5.41, 5.74) is 10.5. The number of hydrogen-bond acceptors (Lipinski definition) is 7. The van der Waals surface area contributed by atoms with Gasteiger partial charge in [-0.25, -0.2) is 19.8 Å². The fourth-order valence-electron chi connectivity index (χ4n) is 5.19. The Morgan fingerprint density at radius 3 is 2.25 bits per heavy atom. The van der Waals surface area contributed by atoms with Gasteiger partial charge in [0, 0.05) is 46.3 Å². The molecule has 0 fully saturated rings. The number of aromatic nitrogens is 3. The van der Waals surface area contributed by atoms with Gasteiger partial charge in [0.25, 0.3) is 0 Å². The highest BCUT2D eigenvalue weighted by atomic mass is 19.4. The Kier molecular flexibility index (Phi) is 6.79. The summed E-state index contributed by atoms with van der Waals surface area (Å²) in [4.78, 5) is 25.9. The molecule has 7 rings (SSSR count). The number of carboxylic acids is 1. The molecule has 1 unspecified atom stereocenters. The van der Waals surface area contributed by atoms with E-state index in [0.29, 0.717) is 50.8 Å². The molecular formula is C31H18F5N5O3. The van der Waals surface area contributed by atoms with Crippen LogP contribution in [0, 0.1) is 11.9 Å². The van der Waals surface area contributed by atoms with Crippen LogP contribution in [0.15, 0.2) is 96.4 Å². The average Bonchev–Trinajstić information content (AvgIpc) is 3.30. The molecule has 0 amide bonds. The number of aliphatic imine (C=N–C) groups is 1. The first kappa shape index (κ1) is 28.4. The Bertz CT molecular complexity index is 1980. The molecule has 2 aromatic carbocycles. The summed E-state index contributed by atoms with van der Waals surface area (Å²) in [5.74, 6) is -2.51. The van der Waals surface area contributed by atoms with E-state index in [0.717, 1.165) is 11.1 Å². The van der Waals surface area contributed by atoms with Crippen LogP contribution in [0.1, 0.15) is 22.3 Å².